The van der Waals surface area contributed by atoms with Crippen LogP contribution in [0.4, 0.5) is 11.4 Å². The normalized spacial score (nSPS) is 11.1. The molecule has 1 amide bonds. The number of nitro benzene ring substituents is 1. The van der Waals surface area contributed by atoms with Crippen molar-refractivity contribution < 1.29 is 9.72 Å². The molecule has 0 atom stereocenters. The fourth-order valence-corrected chi connectivity index (χ4v) is 2.42. The Morgan fingerprint density at radius 2 is 1.83 bits per heavy atom. The Labute approximate surface area is 139 Å². The zero-order chi connectivity index (χ0) is 17.2. The van der Waals surface area contributed by atoms with Gasteiger partial charge >= 0.3 is 0 Å². The van der Waals surface area contributed by atoms with E-state index in [1.807, 2.05) is 45.0 Å². The van der Waals surface area contributed by atoms with Crippen LogP contribution in [-0.2, 0) is 5.41 Å². The van der Waals surface area contributed by atoms with Crippen molar-refractivity contribution in [3.63, 3.8) is 0 Å². The standard InChI is InChI=1S/C17H17ClN2O3/c1-17(2,3)12-6-4-5-7-14(12)19-16(21)11-8-9-13(18)15(10-11)20(22)23/h4-10H,1-3H3,(H,19,21). The molecule has 0 saturated carbocycles. The average Bonchev–Trinajstić information content (AvgIpc) is 2.46. The molecule has 0 unspecified atom stereocenters. The molecule has 0 aliphatic carbocycles. The number of anilines is 1. The minimum Gasteiger partial charge on any atom is -0.322 e. The van der Waals surface area contributed by atoms with E-state index >= 15 is 0 Å². The number of para-hydroxylation sites is 1. The van der Waals surface area contributed by atoms with Crippen molar-refractivity contribution in [1.82, 2.24) is 0 Å². The summed E-state index contributed by atoms with van der Waals surface area (Å²) in [5, 5.41) is 13.7. The third-order valence-electron chi connectivity index (χ3n) is 3.39. The zero-order valence-corrected chi connectivity index (χ0v) is 13.8. The predicted octanol–water partition coefficient (Wildman–Crippen LogP) is 4.80. The first kappa shape index (κ1) is 17.0. The summed E-state index contributed by atoms with van der Waals surface area (Å²) in [7, 11) is 0. The van der Waals surface area contributed by atoms with Gasteiger partial charge < -0.3 is 5.32 Å². The van der Waals surface area contributed by atoms with Gasteiger partial charge in [-0.15, -0.1) is 0 Å². The van der Waals surface area contributed by atoms with Gasteiger partial charge in [0, 0.05) is 17.3 Å². The predicted molar refractivity (Wildman–Crippen MR) is 91.2 cm³/mol. The van der Waals surface area contributed by atoms with Crippen LogP contribution in [0.25, 0.3) is 0 Å². The van der Waals surface area contributed by atoms with Gasteiger partial charge in [0.2, 0.25) is 0 Å². The topological polar surface area (TPSA) is 72.2 Å². The SMILES string of the molecule is CC(C)(C)c1ccccc1NC(=O)c1ccc(Cl)c([N+](=O)[O-])c1. The van der Waals surface area contributed by atoms with Crippen molar-refractivity contribution in [1.29, 1.82) is 0 Å². The number of carbonyl (C=O) groups is 1. The molecule has 0 spiro atoms. The molecule has 0 saturated heterocycles. The minimum atomic E-state index is -0.609. The highest BCUT2D eigenvalue weighted by molar-refractivity contribution is 6.32. The number of carbonyl (C=O) groups excluding carboxylic acids is 1. The second kappa shape index (κ2) is 6.38. The molecule has 120 valence electrons. The van der Waals surface area contributed by atoms with E-state index in [9.17, 15) is 14.9 Å². The summed E-state index contributed by atoms with van der Waals surface area (Å²) in [6.07, 6.45) is 0. The number of nitrogens with zero attached hydrogens (tertiary/aromatic N) is 1. The Morgan fingerprint density at radius 1 is 1.17 bits per heavy atom. The summed E-state index contributed by atoms with van der Waals surface area (Å²) < 4.78 is 0. The van der Waals surface area contributed by atoms with Crippen molar-refractivity contribution in [3.05, 3.63) is 68.7 Å². The second-order valence-electron chi connectivity index (χ2n) is 6.17. The van der Waals surface area contributed by atoms with Gasteiger partial charge in [0.25, 0.3) is 11.6 Å². The summed E-state index contributed by atoms with van der Waals surface area (Å²) in [5.74, 6) is -0.415. The first-order valence-electron chi connectivity index (χ1n) is 7.05. The van der Waals surface area contributed by atoms with Crippen molar-refractivity contribution in [2.24, 2.45) is 0 Å². The molecule has 0 bridgehead atoms. The average molecular weight is 333 g/mol. The number of hydrogen-bond donors (Lipinski definition) is 1. The van der Waals surface area contributed by atoms with Crippen molar-refractivity contribution in [3.8, 4) is 0 Å². The maximum atomic E-state index is 12.4. The van der Waals surface area contributed by atoms with E-state index in [0.29, 0.717) is 5.69 Å². The van der Waals surface area contributed by atoms with Crippen LogP contribution in [0.15, 0.2) is 42.5 Å². The van der Waals surface area contributed by atoms with E-state index < -0.39 is 10.8 Å². The Morgan fingerprint density at radius 3 is 2.43 bits per heavy atom. The maximum Gasteiger partial charge on any atom is 0.288 e. The zero-order valence-electron chi connectivity index (χ0n) is 13.1. The number of rotatable bonds is 3. The summed E-state index contributed by atoms with van der Waals surface area (Å²) >= 11 is 5.77. The molecule has 0 aliphatic rings. The van der Waals surface area contributed by atoms with Crippen LogP contribution in [0.2, 0.25) is 5.02 Å². The Hall–Kier alpha value is -2.40. The number of halogens is 1. The van der Waals surface area contributed by atoms with Crippen LogP contribution in [0.1, 0.15) is 36.7 Å². The maximum absolute atomic E-state index is 12.4. The quantitative estimate of drug-likeness (QED) is 0.648. The van der Waals surface area contributed by atoms with Crippen molar-refractivity contribution in [2.45, 2.75) is 26.2 Å². The summed E-state index contributed by atoms with van der Waals surface area (Å²) in [6.45, 7) is 6.14. The molecule has 23 heavy (non-hydrogen) atoms. The molecule has 2 aromatic rings. The Bertz CT molecular complexity index is 767. The van der Waals surface area contributed by atoms with Crippen LogP contribution in [0.3, 0.4) is 0 Å². The molecule has 0 aromatic heterocycles. The van der Waals surface area contributed by atoms with Gasteiger partial charge in [-0.2, -0.15) is 0 Å². The monoisotopic (exact) mass is 332 g/mol. The molecular weight excluding hydrogens is 316 g/mol. The molecule has 2 aromatic carbocycles. The first-order valence-corrected chi connectivity index (χ1v) is 7.43. The minimum absolute atomic E-state index is 0.00152. The Balaban J connectivity index is 2.34. The highest BCUT2D eigenvalue weighted by Crippen LogP contribution is 2.30. The molecule has 0 heterocycles. The summed E-state index contributed by atoms with van der Waals surface area (Å²) in [6, 6.07) is 11.5. The van der Waals surface area contributed by atoms with Crippen molar-refractivity contribution >= 4 is 28.9 Å². The van der Waals surface area contributed by atoms with Gasteiger partial charge in [0.15, 0.2) is 0 Å². The van der Waals surface area contributed by atoms with Crippen LogP contribution < -0.4 is 5.32 Å². The fourth-order valence-electron chi connectivity index (χ4n) is 2.23. The van der Waals surface area contributed by atoms with E-state index in [4.69, 9.17) is 11.6 Å². The smallest absolute Gasteiger partial charge is 0.288 e. The number of amides is 1. The van der Waals surface area contributed by atoms with Gasteiger partial charge in [-0.05, 0) is 29.2 Å². The molecule has 2 rings (SSSR count). The van der Waals surface area contributed by atoms with Gasteiger partial charge in [0.1, 0.15) is 5.02 Å². The van der Waals surface area contributed by atoms with Gasteiger partial charge in [-0.1, -0.05) is 50.6 Å². The van der Waals surface area contributed by atoms with Gasteiger partial charge in [-0.25, -0.2) is 0 Å². The van der Waals surface area contributed by atoms with Crippen LogP contribution in [-0.4, -0.2) is 10.8 Å². The molecule has 0 fully saturated rings. The van der Waals surface area contributed by atoms with Crippen LogP contribution in [0.5, 0.6) is 0 Å². The first-order chi connectivity index (χ1) is 10.7. The third kappa shape index (κ3) is 3.87. The Kier molecular flexibility index (Phi) is 4.71. The molecule has 0 radical (unpaired) electrons. The molecule has 6 heteroatoms. The second-order valence-corrected chi connectivity index (χ2v) is 6.58. The highest BCUT2D eigenvalue weighted by atomic mass is 35.5. The lowest BCUT2D eigenvalue weighted by Gasteiger charge is -2.23. The van der Waals surface area contributed by atoms with E-state index in [1.54, 1.807) is 0 Å². The van der Waals surface area contributed by atoms with Crippen LogP contribution >= 0.6 is 11.6 Å². The fraction of sp³-hybridized carbons (Fsp3) is 0.235. The summed E-state index contributed by atoms with van der Waals surface area (Å²) in [5.41, 5.74) is 1.42. The molecule has 1 N–H and O–H groups in total. The molecular formula is C17H17ClN2O3. The van der Waals surface area contributed by atoms with E-state index in [1.165, 1.54) is 18.2 Å². The highest BCUT2D eigenvalue weighted by Gasteiger charge is 2.20. The van der Waals surface area contributed by atoms with Crippen molar-refractivity contribution in [2.75, 3.05) is 5.32 Å². The molecule has 0 aliphatic heterocycles. The van der Waals surface area contributed by atoms with Gasteiger partial charge in [-0.3, -0.25) is 14.9 Å². The van der Waals surface area contributed by atoms with E-state index in [-0.39, 0.29) is 21.7 Å². The number of nitro groups is 1. The third-order valence-corrected chi connectivity index (χ3v) is 3.71. The lowest BCUT2D eigenvalue weighted by molar-refractivity contribution is -0.384. The number of nitrogens with one attached hydrogen (secondary N) is 1. The lowest BCUT2D eigenvalue weighted by atomic mass is 9.86. The van der Waals surface area contributed by atoms with E-state index in [2.05, 4.69) is 5.32 Å². The van der Waals surface area contributed by atoms with E-state index in [0.717, 1.165) is 5.56 Å². The largest absolute Gasteiger partial charge is 0.322 e. The number of hydrogen-bond acceptors (Lipinski definition) is 3. The molecule has 5 nitrogen and oxygen atoms in total. The lowest BCUT2D eigenvalue weighted by Crippen LogP contribution is -2.18. The van der Waals surface area contributed by atoms with Gasteiger partial charge in [0.05, 0.1) is 4.92 Å². The summed E-state index contributed by atoms with van der Waals surface area (Å²) in [4.78, 5) is 22.7. The number of benzene rings is 2. The van der Waals surface area contributed by atoms with Crippen LogP contribution in [0, 0.1) is 10.1 Å².